The number of carboxylic acid groups (broad SMARTS) is 1. The molecule has 6 nitrogen and oxygen atoms in total. The number of carbonyl (C=O) groups is 1. The highest BCUT2D eigenvalue weighted by molar-refractivity contribution is 7.97. The maximum Gasteiger partial charge on any atom is 0.354 e. The summed E-state index contributed by atoms with van der Waals surface area (Å²) in [4.78, 5) is 15.2. The zero-order valence-corrected chi connectivity index (χ0v) is 10.9. The highest BCUT2D eigenvalue weighted by Crippen LogP contribution is 2.37. The van der Waals surface area contributed by atoms with E-state index in [1.54, 1.807) is 0 Å². The lowest BCUT2D eigenvalue weighted by Crippen LogP contribution is -2.22. The minimum absolute atomic E-state index is 0.0341. The SMILES string of the molecule is N#CC1(NSc2cc(F)c3ncc(C(=O)O)n3c2)CC1. The molecule has 0 atom stereocenters. The van der Waals surface area contributed by atoms with Crippen LogP contribution in [0.5, 0.6) is 0 Å². The van der Waals surface area contributed by atoms with Crippen molar-refractivity contribution in [1.29, 1.82) is 5.26 Å². The van der Waals surface area contributed by atoms with Gasteiger partial charge in [0, 0.05) is 11.1 Å². The number of aromatic carboxylic acids is 1. The van der Waals surface area contributed by atoms with E-state index < -0.39 is 17.3 Å². The second-order valence-electron chi connectivity index (χ2n) is 4.56. The van der Waals surface area contributed by atoms with Crippen LogP contribution in [-0.2, 0) is 0 Å². The number of fused-ring (bicyclic) bond motifs is 1. The molecule has 0 unspecified atom stereocenters. The summed E-state index contributed by atoms with van der Waals surface area (Å²) in [7, 11) is 0. The van der Waals surface area contributed by atoms with Crippen LogP contribution in [0.25, 0.3) is 5.65 Å². The van der Waals surface area contributed by atoms with E-state index in [2.05, 4.69) is 15.8 Å². The smallest absolute Gasteiger partial charge is 0.354 e. The molecule has 0 spiro atoms. The van der Waals surface area contributed by atoms with Crippen molar-refractivity contribution in [2.45, 2.75) is 23.3 Å². The Morgan fingerprint density at radius 1 is 1.65 bits per heavy atom. The molecule has 0 radical (unpaired) electrons. The molecule has 20 heavy (non-hydrogen) atoms. The van der Waals surface area contributed by atoms with Crippen molar-refractivity contribution in [2.75, 3.05) is 0 Å². The molecule has 0 aliphatic heterocycles. The average Bonchev–Trinajstić information content (AvgIpc) is 3.07. The normalized spacial score (nSPS) is 16.0. The van der Waals surface area contributed by atoms with Gasteiger partial charge in [-0.2, -0.15) is 5.26 Å². The van der Waals surface area contributed by atoms with Crippen molar-refractivity contribution in [3.8, 4) is 6.07 Å². The van der Waals surface area contributed by atoms with E-state index in [0.29, 0.717) is 4.90 Å². The quantitative estimate of drug-likeness (QED) is 0.835. The first-order valence-corrected chi connectivity index (χ1v) is 6.61. The zero-order chi connectivity index (χ0) is 14.3. The predicted octanol–water partition coefficient (Wildman–Crippen LogP) is 1.82. The number of hydrogen-bond donors (Lipinski definition) is 2. The third kappa shape index (κ3) is 2.11. The predicted molar refractivity (Wildman–Crippen MR) is 68.7 cm³/mol. The molecule has 2 aromatic heterocycles. The zero-order valence-electron chi connectivity index (χ0n) is 10.1. The molecule has 0 amide bonds. The molecule has 2 heterocycles. The second-order valence-corrected chi connectivity index (χ2v) is 5.44. The standard InChI is InChI=1S/C12H9FN4O2S/c13-8-3-7(20-16-12(6-14)1-2-12)5-17-9(11(18)19)4-15-10(8)17/h3-5,16H,1-2H2,(H,18,19). The number of halogens is 1. The maximum atomic E-state index is 13.9. The van der Waals surface area contributed by atoms with Gasteiger partial charge in [0.15, 0.2) is 17.2 Å². The van der Waals surface area contributed by atoms with Gasteiger partial charge in [-0.25, -0.2) is 18.9 Å². The molecule has 1 aliphatic rings. The van der Waals surface area contributed by atoms with Gasteiger partial charge in [0.25, 0.3) is 0 Å². The molecule has 0 bridgehead atoms. The Balaban J connectivity index is 1.94. The van der Waals surface area contributed by atoms with Crippen LogP contribution in [0.15, 0.2) is 23.4 Å². The van der Waals surface area contributed by atoms with E-state index in [1.165, 1.54) is 16.7 Å². The Labute approximate surface area is 117 Å². The molecule has 1 saturated carbocycles. The van der Waals surface area contributed by atoms with E-state index in [9.17, 15) is 9.18 Å². The van der Waals surface area contributed by atoms with Crippen LogP contribution in [0.3, 0.4) is 0 Å². The van der Waals surface area contributed by atoms with E-state index in [1.807, 2.05) is 0 Å². The summed E-state index contributed by atoms with van der Waals surface area (Å²) < 4.78 is 18.0. The number of nitrogens with one attached hydrogen (secondary N) is 1. The van der Waals surface area contributed by atoms with Gasteiger partial charge in [-0.3, -0.25) is 4.40 Å². The Hall–Kier alpha value is -2.11. The lowest BCUT2D eigenvalue weighted by molar-refractivity contribution is 0.0689. The van der Waals surface area contributed by atoms with Crippen LogP contribution in [0, 0.1) is 17.1 Å². The van der Waals surface area contributed by atoms with Crippen molar-refractivity contribution in [3.63, 3.8) is 0 Å². The van der Waals surface area contributed by atoms with Gasteiger partial charge in [-0.1, -0.05) is 0 Å². The number of pyridine rings is 1. The number of carboxylic acids is 1. The Morgan fingerprint density at radius 3 is 3.00 bits per heavy atom. The molecule has 102 valence electrons. The average molecular weight is 292 g/mol. The fourth-order valence-electron chi connectivity index (χ4n) is 1.75. The number of imidazole rings is 1. The number of nitriles is 1. The van der Waals surface area contributed by atoms with Gasteiger partial charge in [-0.15, -0.1) is 0 Å². The topological polar surface area (TPSA) is 90.4 Å². The van der Waals surface area contributed by atoms with Crippen LogP contribution in [0.1, 0.15) is 23.3 Å². The fraction of sp³-hybridized carbons (Fsp3) is 0.250. The van der Waals surface area contributed by atoms with Crippen LogP contribution in [0.2, 0.25) is 0 Å². The highest BCUT2D eigenvalue weighted by Gasteiger charge is 2.43. The van der Waals surface area contributed by atoms with Gasteiger partial charge in [0.1, 0.15) is 5.54 Å². The molecule has 2 N–H and O–H groups in total. The van der Waals surface area contributed by atoms with E-state index in [-0.39, 0.29) is 11.3 Å². The van der Waals surface area contributed by atoms with Gasteiger partial charge in [0.05, 0.1) is 12.3 Å². The van der Waals surface area contributed by atoms with Crippen molar-refractivity contribution >= 4 is 23.6 Å². The number of rotatable bonds is 4. The summed E-state index contributed by atoms with van der Waals surface area (Å²) in [5, 5.41) is 18.0. The Bertz CT molecular complexity index is 748. The number of hydrogen-bond acceptors (Lipinski definition) is 5. The van der Waals surface area contributed by atoms with Gasteiger partial charge in [-0.05, 0) is 30.9 Å². The summed E-state index contributed by atoms with van der Waals surface area (Å²) in [6.07, 6.45) is 4.11. The lowest BCUT2D eigenvalue weighted by Gasteiger charge is -2.08. The number of nitrogens with zero attached hydrogens (tertiary/aromatic N) is 3. The maximum absolute atomic E-state index is 13.9. The Kier molecular flexibility index (Phi) is 2.88. The summed E-state index contributed by atoms with van der Waals surface area (Å²) in [6.45, 7) is 0. The first-order valence-electron chi connectivity index (χ1n) is 5.80. The second kappa shape index (κ2) is 4.47. The van der Waals surface area contributed by atoms with Crippen LogP contribution >= 0.6 is 11.9 Å². The van der Waals surface area contributed by atoms with Crippen LogP contribution in [-0.4, -0.2) is 26.0 Å². The summed E-state index contributed by atoms with van der Waals surface area (Å²) >= 11 is 1.11. The molecule has 1 aliphatic carbocycles. The minimum atomic E-state index is -1.18. The Morgan fingerprint density at radius 2 is 2.40 bits per heavy atom. The van der Waals surface area contributed by atoms with Crippen molar-refractivity contribution in [3.05, 3.63) is 30.0 Å². The molecular formula is C12H9FN4O2S. The van der Waals surface area contributed by atoms with Crippen molar-refractivity contribution in [1.82, 2.24) is 14.1 Å². The van der Waals surface area contributed by atoms with E-state index in [4.69, 9.17) is 10.4 Å². The van der Waals surface area contributed by atoms with Gasteiger partial charge >= 0.3 is 5.97 Å². The molecule has 0 saturated heterocycles. The molecule has 8 heteroatoms. The summed E-state index contributed by atoms with van der Waals surface area (Å²) in [5.74, 6) is -1.78. The van der Waals surface area contributed by atoms with Crippen molar-refractivity contribution in [2.24, 2.45) is 0 Å². The number of aromatic nitrogens is 2. The van der Waals surface area contributed by atoms with E-state index in [0.717, 1.165) is 31.0 Å². The highest BCUT2D eigenvalue weighted by atomic mass is 32.2. The molecule has 3 rings (SSSR count). The summed E-state index contributed by atoms with van der Waals surface area (Å²) in [6, 6.07) is 3.42. The van der Waals surface area contributed by atoms with Gasteiger partial charge in [0.2, 0.25) is 0 Å². The largest absolute Gasteiger partial charge is 0.477 e. The van der Waals surface area contributed by atoms with Crippen LogP contribution < -0.4 is 4.72 Å². The van der Waals surface area contributed by atoms with E-state index >= 15 is 0 Å². The van der Waals surface area contributed by atoms with Crippen molar-refractivity contribution < 1.29 is 14.3 Å². The summed E-state index contributed by atoms with van der Waals surface area (Å²) in [5.41, 5.74) is -0.684. The molecule has 2 aromatic rings. The first kappa shape index (κ1) is 12.9. The minimum Gasteiger partial charge on any atom is -0.477 e. The fourth-order valence-corrected chi connectivity index (χ4v) is 2.64. The molecule has 0 aromatic carbocycles. The van der Waals surface area contributed by atoms with Crippen LogP contribution in [0.4, 0.5) is 4.39 Å². The monoisotopic (exact) mass is 292 g/mol. The first-order chi connectivity index (χ1) is 9.54. The molecule has 1 fully saturated rings. The third-order valence-corrected chi connectivity index (χ3v) is 4.03. The lowest BCUT2D eigenvalue weighted by atomic mass is 10.3. The molecular weight excluding hydrogens is 283 g/mol. The van der Waals surface area contributed by atoms with Gasteiger partial charge < -0.3 is 5.11 Å². The third-order valence-electron chi connectivity index (χ3n) is 3.08.